The molecule has 0 aromatic carbocycles. The molecule has 1 saturated carbocycles. The molecule has 0 radical (unpaired) electrons. The van der Waals surface area contributed by atoms with Crippen LogP contribution in [0, 0.1) is 11.8 Å². The summed E-state index contributed by atoms with van der Waals surface area (Å²) >= 11 is 0. The third kappa shape index (κ3) is 3.22. The Bertz CT molecular complexity index is 314. The van der Waals surface area contributed by atoms with Gasteiger partial charge in [-0.3, -0.25) is 9.59 Å². The molecule has 0 atom stereocenters. The van der Waals surface area contributed by atoms with E-state index in [0.717, 1.165) is 12.8 Å². The summed E-state index contributed by atoms with van der Waals surface area (Å²) in [5.41, 5.74) is 0.675. The van der Waals surface area contributed by atoms with Crippen molar-refractivity contribution in [2.24, 2.45) is 11.8 Å². The molecule has 16 heavy (non-hydrogen) atoms. The van der Waals surface area contributed by atoms with Crippen LogP contribution in [0.1, 0.15) is 25.7 Å². The summed E-state index contributed by atoms with van der Waals surface area (Å²) in [6.07, 6.45) is 4.06. The highest BCUT2D eigenvalue weighted by molar-refractivity contribution is 5.88. The van der Waals surface area contributed by atoms with Gasteiger partial charge in [0.2, 0.25) is 5.91 Å². The van der Waals surface area contributed by atoms with Crippen LogP contribution in [0.2, 0.25) is 0 Å². The molecule has 0 aromatic rings. The van der Waals surface area contributed by atoms with E-state index in [-0.39, 0.29) is 17.7 Å². The molecule has 0 aromatic heterocycles. The van der Waals surface area contributed by atoms with Crippen LogP contribution in [-0.2, 0) is 9.59 Å². The first-order chi connectivity index (χ1) is 7.54. The molecule has 1 rings (SSSR count). The minimum atomic E-state index is -0.723. The van der Waals surface area contributed by atoms with Crippen LogP contribution < -0.4 is 5.32 Å². The molecule has 1 fully saturated rings. The van der Waals surface area contributed by atoms with E-state index in [4.69, 9.17) is 5.11 Å². The molecule has 4 nitrogen and oxygen atoms in total. The van der Waals surface area contributed by atoms with Crippen molar-refractivity contribution in [3.63, 3.8) is 0 Å². The highest BCUT2D eigenvalue weighted by Gasteiger charge is 2.27. The quantitative estimate of drug-likeness (QED) is 0.713. The zero-order chi connectivity index (χ0) is 12.1. The van der Waals surface area contributed by atoms with Crippen LogP contribution in [0.25, 0.3) is 0 Å². The first-order valence-corrected chi connectivity index (χ1v) is 5.39. The molecule has 1 amide bonds. The number of carboxylic acids is 1. The summed E-state index contributed by atoms with van der Waals surface area (Å²) in [6, 6.07) is 0. The molecular formula is C12H17NO3. The fourth-order valence-corrected chi connectivity index (χ4v) is 2.00. The Morgan fingerprint density at radius 1 is 1.19 bits per heavy atom. The summed E-state index contributed by atoms with van der Waals surface area (Å²) in [5.74, 6) is -1.02. The maximum absolute atomic E-state index is 11.1. The van der Waals surface area contributed by atoms with Crippen LogP contribution in [-0.4, -0.2) is 17.0 Å². The Kier molecular flexibility index (Phi) is 4.28. The minimum absolute atomic E-state index is 0.194. The lowest BCUT2D eigenvalue weighted by molar-refractivity contribution is -0.143. The van der Waals surface area contributed by atoms with Gasteiger partial charge in [-0.05, 0) is 37.7 Å². The number of carbonyl (C=O) groups excluding carboxylic acids is 1. The van der Waals surface area contributed by atoms with Crippen molar-refractivity contribution in [3.8, 4) is 0 Å². The molecule has 0 spiro atoms. The lowest BCUT2D eigenvalue weighted by atomic mass is 9.81. The number of carbonyl (C=O) groups is 2. The summed E-state index contributed by atoms with van der Waals surface area (Å²) < 4.78 is 0. The predicted molar refractivity (Wildman–Crippen MR) is 60.6 cm³/mol. The molecule has 88 valence electrons. The van der Waals surface area contributed by atoms with E-state index in [1.54, 1.807) is 0 Å². The lowest BCUT2D eigenvalue weighted by Crippen LogP contribution is -2.29. The van der Waals surface area contributed by atoms with Crippen LogP contribution >= 0.6 is 0 Å². The first kappa shape index (κ1) is 12.5. The monoisotopic (exact) mass is 223 g/mol. The summed E-state index contributed by atoms with van der Waals surface area (Å²) in [4.78, 5) is 21.8. The van der Waals surface area contributed by atoms with Gasteiger partial charge in [0.25, 0.3) is 0 Å². The van der Waals surface area contributed by atoms with Crippen molar-refractivity contribution in [2.45, 2.75) is 25.7 Å². The van der Waals surface area contributed by atoms with Crippen LogP contribution in [0.3, 0.4) is 0 Å². The Balaban J connectivity index is 2.41. The van der Waals surface area contributed by atoms with Gasteiger partial charge in [0.05, 0.1) is 5.92 Å². The third-order valence-electron chi connectivity index (χ3n) is 3.04. The molecule has 0 bridgehead atoms. The highest BCUT2D eigenvalue weighted by Crippen LogP contribution is 2.31. The summed E-state index contributed by atoms with van der Waals surface area (Å²) in [6.45, 7) is 7.17. The van der Waals surface area contributed by atoms with Gasteiger partial charge in [0.1, 0.15) is 0 Å². The predicted octanol–water partition coefficient (Wildman–Crippen LogP) is 1.69. The number of amides is 1. The average molecular weight is 223 g/mol. The molecule has 0 unspecified atom stereocenters. The third-order valence-corrected chi connectivity index (χ3v) is 3.04. The smallest absolute Gasteiger partial charge is 0.306 e. The van der Waals surface area contributed by atoms with Crippen molar-refractivity contribution in [1.82, 2.24) is 5.32 Å². The summed E-state index contributed by atoms with van der Waals surface area (Å²) in [5, 5.41) is 11.5. The molecule has 0 heterocycles. The van der Waals surface area contributed by atoms with E-state index in [1.165, 1.54) is 6.08 Å². The number of aliphatic carboxylic acids is 1. The largest absolute Gasteiger partial charge is 0.481 e. The van der Waals surface area contributed by atoms with E-state index < -0.39 is 5.97 Å². The van der Waals surface area contributed by atoms with Gasteiger partial charge in [0.15, 0.2) is 0 Å². The number of rotatable bonds is 4. The summed E-state index contributed by atoms with van der Waals surface area (Å²) in [7, 11) is 0. The molecule has 0 aliphatic heterocycles. The van der Waals surface area contributed by atoms with Gasteiger partial charge in [0, 0.05) is 5.70 Å². The van der Waals surface area contributed by atoms with Crippen molar-refractivity contribution in [3.05, 3.63) is 24.9 Å². The number of allylic oxidation sites excluding steroid dienone is 1. The number of hydrogen-bond acceptors (Lipinski definition) is 2. The standard InChI is InChI=1S/C12H17NO3/c1-3-11(14)13-8(2)9-4-6-10(7-5-9)12(15)16/h3,9-10H,1-2,4-7H2,(H,13,14)(H,15,16). The van der Waals surface area contributed by atoms with Gasteiger partial charge in [-0.15, -0.1) is 0 Å². The Morgan fingerprint density at radius 2 is 1.69 bits per heavy atom. The van der Waals surface area contributed by atoms with Gasteiger partial charge in [-0.2, -0.15) is 0 Å². The van der Waals surface area contributed by atoms with E-state index in [1.807, 2.05) is 0 Å². The van der Waals surface area contributed by atoms with Gasteiger partial charge in [-0.25, -0.2) is 0 Å². The first-order valence-electron chi connectivity index (χ1n) is 5.39. The Labute approximate surface area is 95.0 Å². The van der Waals surface area contributed by atoms with Crippen LogP contribution in [0.4, 0.5) is 0 Å². The maximum Gasteiger partial charge on any atom is 0.306 e. The Hall–Kier alpha value is -1.58. The van der Waals surface area contributed by atoms with Gasteiger partial charge < -0.3 is 10.4 Å². The molecule has 1 aliphatic carbocycles. The molecule has 4 heteroatoms. The maximum atomic E-state index is 11.1. The number of hydrogen-bond donors (Lipinski definition) is 2. The van der Waals surface area contributed by atoms with Gasteiger partial charge in [-0.1, -0.05) is 13.2 Å². The zero-order valence-electron chi connectivity index (χ0n) is 9.24. The molecule has 0 saturated heterocycles. The van der Waals surface area contributed by atoms with E-state index in [9.17, 15) is 9.59 Å². The fraction of sp³-hybridized carbons (Fsp3) is 0.500. The van der Waals surface area contributed by atoms with E-state index in [2.05, 4.69) is 18.5 Å². The normalized spacial score (nSPS) is 24.5. The SMILES string of the molecule is C=CC(=O)NC(=C)C1CCC(C(=O)O)CC1. The second-order valence-electron chi connectivity index (χ2n) is 4.11. The van der Waals surface area contributed by atoms with E-state index in [0.29, 0.717) is 18.5 Å². The molecule has 2 N–H and O–H groups in total. The second-order valence-corrected chi connectivity index (χ2v) is 4.11. The van der Waals surface area contributed by atoms with Gasteiger partial charge >= 0.3 is 5.97 Å². The average Bonchev–Trinajstić information content (AvgIpc) is 2.28. The fourth-order valence-electron chi connectivity index (χ4n) is 2.00. The molecular weight excluding hydrogens is 206 g/mol. The lowest BCUT2D eigenvalue weighted by Gasteiger charge is -2.27. The van der Waals surface area contributed by atoms with Crippen molar-refractivity contribution in [2.75, 3.05) is 0 Å². The number of carboxylic acid groups (broad SMARTS) is 1. The Morgan fingerprint density at radius 3 is 2.12 bits per heavy atom. The van der Waals surface area contributed by atoms with E-state index >= 15 is 0 Å². The zero-order valence-corrected chi connectivity index (χ0v) is 9.24. The minimum Gasteiger partial charge on any atom is -0.481 e. The van der Waals surface area contributed by atoms with Crippen molar-refractivity contribution < 1.29 is 14.7 Å². The van der Waals surface area contributed by atoms with Crippen molar-refractivity contribution >= 4 is 11.9 Å². The van der Waals surface area contributed by atoms with Crippen LogP contribution in [0.15, 0.2) is 24.9 Å². The van der Waals surface area contributed by atoms with Crippen LogP contribution in [0.5, 0.6) is 0 Å². The second kappa shape index (κ2) is 5.49. The highest BCUT2D eigenvalue weighted by atomic mass is 16.4. The molecule has 1 aliphatic rings. The number of nitrogens with one attached hydrogen (secondary N) is 1. The topological polar surface area (TPSA) is 66.4 Å². The van der Waals surface area contributed by atoms with Crippen molar-refractivity contribution in [1.29, 1.82) is 0 Å².